The van der Waals surface area contributed by atoms with Crippen LogP contribution in [0.3, 0.4) is 0 Å². The van der Waals surface area contributed by atoms with Gasteiger partial charge in [-0.2, -0.15) is 0 Å². The SMILES string of the molecule is [C-]#[N+]C(CC(=O)[O-])C(=O)[O-].[Li+].[Li+]. The van der Waals surface area contributed by atoms with E-state index in [2.05, 4.69) is 4.85 Å². The van der Waals surface area contributed by atoms with Crippen molar-refractivity contribution >= 4 is 11.9 Å². The Morgan fingerprint density at radius 2 is 1.75 bits per heavy atom. The first-order valence-electron chi connectivity index (χ1n) is 2.35. The second kappa shape index (κ2) is 8.72. The third-order valence-corrected chi connectivity index (χ3v) is 0.788. The molecule has 0 aliphatic rings. The first-order valence-corrected chi connectivity index (χ1v) is 2.35. The standard InChI is InChI=1S/C5H5NO4.2Li/c1-6-3(5(9)10)2-4(7)8;;/h3H,2H2,(H,7,8)(H,9,10);;/q;2*+1/p-2. The first-order chi connectivity index (χ1) is 4.57. The van der Waals surface area contributed by atoms with Crippen LogP contribution >= 0.6 is 0 Å². The third kappa shape index (κ3) is 7.73. The van der Waals surface area contributed by atoms with Crippen LogP contribution in [-0.4, -0.2) is 18.0 Å². The van der Waals surface area contributed by atoms with Gasteiger partial charge in [-0.1, -0.05) is 0 Å². The van der Waals surface area contributed by atoms with Gasteiger partial charge in [0.05, 0.1) is 6.42 Å². The molecule has 7 heteroatoms. The summed E-state index contributed by atoms with van der Waals surface area (Å²) in [6.45, 7) is 6.20. The Labute approximate surface area is 93.3 Å². The van der Waals surface area contributed by atoms with Gasteiger partial charge in [-0.3, -0.25) is 0 Å². The van der Waals surface area contributed by atoms with Gasteiger partial charge in [0.2, 0.25) is 0 Å². The Morgan fingerprint density at radius 1 is 1.33 bits per heavy atom. The largest absolute Gasteiger partial charge is 1.00 e. The number of aliphatic carboxylic acids is 2. The van der Waals surface area contributed by atoms with Crippen LogP contribution < -0.4 is 47.9 Å². The topological polar surface area (TPSA) is 84.6 Å². The summed E-state index contributed by atoms with van der Waals surface area (Å²) in [5.74, 6) is -3.25. The van der Waals surface area contributed by atoms with E-state index < -0.39 is 24.4 Å². The molecule has 0 aromatic heterocycles. The summed E-state index contributed by atoms with van der Waals surface area (Å²) >= 11 is 0. The normalized spacial score (nSPS) is 9.58. The Kier molecular flexibility index (Phi) is 12.8. The van der Waals surface area contributed by atoms with E-state index in [-0.39, 0.29) is 37.7 Å². The molecular formula is C5H3Li2NO4. The summed E-state index contributed by atoms with van der Waals surface area (Å²) in [4.78, 5) is 22.1. The molecular weight excluding hydrogens is 152 g/mol. The van der Waals surface area contributed by atoms with Gasteiger partial charge in [0, 0.05) is 5.97 Å². The maximum atomic E-state index is 9.85. The molecule has 0 radical (unpaired) electrons. The molecule has 0 rings (SSSR count). The first kappa shape index (κ1) is 17.6. The van der Waals surface area contributed by atoms with Crippen molar-refractivity contribution in [2.45, 2.75) is 12.5 Å². The van der Waals surface area contributed by atoms with Crippen LogP contribution in [0.1, 0.15) is 6.42 Å². The predicted octanol–water partition coefficient (Wildman–Crippen LogP) is -8.83. The minimum Gasteiger partial charge on any atom is -0.550 e. The molecule has 0 bridgehead atoms. The molecule has 12 heavy (non-hydrogen) atoms. The van der Waals surface area contributed by atoms with E-state index in [1.54, 1.807) is 0 Å². The van der Waals surface area contributed by atoms with Gasteiger partial charge in [-0.25, -0.2) is 6.57 Å². The summed E-state index contributed by atoms with van der Waals surface area (Å²) in [6.07, 6.45) is -0.814. The minimum atomic E-state index is -1.68. The molecule has 0 aromatic carbocycles. The zero-order chi connectivity index (χ0) is 8.15. The monoisotopic (exact) mass is 155 g/mol. The number of carbonyl (C=O) groups excluding carboxylic acids is 2. The Bertz CT molecular complexity index is 200. The van der Waals surface area contributed by atoms with Gasteiger partial charge in [-0.15, -0.1) is 0 Å². The summed E-state index contributed by atoms with van der Waals surface area (Å²) in [5.41, 5.74) is 0. The quantitative estimate of drug-likeness (QED) is 0.299. The van der Waals surface area contributed by atoms with E-state index in [4.69, 9.17) is 6.57 Å². The fourth-order valence-corrected chi connectivity index (χ4v) is 0.340. The summed E-state index contributed by atoms with van der Waals surface area (Å²) in [7, 11) is 0. The predicted molar refractivity (Wildman–Crippen MR) is 25.0 cm³/mol. The smallest absolute Gasteiger partial charge is 0.550 e. The molecule has 54 valence electrons. The second-order valence-corrected chi connectivity index (χ2v) is 1.54. The molecule has 5 nitrogen and oxygen atoms in total. The average Bonchev–Trinajstić information content (AvgIpc) is 1.81. The zero-order valence-electron chi connectivity index (χ0n) is 6.86. The van der Waals surface area contributed by atoms with Crippen LogP contribution in [0.5, 0.6) is 0 Å². The van der Waals surface area contributed by atoms with Crippen LogP contribution in [0.15, 0.2) is 0 Å². The minimum absolute atomic E-state index is 0. The van der Waals surface area contributed by atoms with Crippen molar-refractivity contribution in [2.75, 3.05) is 0 Å². The average molecular weight is 155 g/mol. The number of hydrogen-bond donors (Lipinski definition) is 0. The molecule has 0 aliphatic heterocycles. The molecule has 0 fully saturated rings. The molecule has 1 atom stereocenters. The van der Waals surface area contributed by atoms with Crippen molar-refractivity contribution in [1.82, 2.24) is 0 Å². The third-order valence-electron chi connectivity index (χ3n) is 0.788. The van der Waals surface area contributed by atoms with E-state index in [0.717, 1.165) is 0 Å². The van der Waals surface area contributed by atoms with E-state index in [1.807, 2.05) is 0 Å². The van der Waals surface area contributed by atoms with Crippen molar-refractivity contribution in [3.8, 4) is 0 Å². The fourth-order valence-electron chi connectivity index (χ4n) is 0.340. The van der Waals surface area contributed by atoms with Gasteiger partial charge in [-0.05, 0) is 0 Å². The molecule has 0 heterocycles. The molecule has 0 spiro atoms. The van der Waals surface area contributed by atoms with Crippen LogP contribution in [0.4, 0.5) is 0 Å². The number of rotatable bonds is 3. The van der Waals surface area contributed by atoms with Crippen LogP contribution in [0, 0.1) is 6.57 Å². The number of carboxylic acids is 2. The van der Waals surface area contributed by atoms with Gasteiger partial charge in [0.15, 0.2) is 0 Å². The van der Waals surface area contributed by atoms with Gasteiger partial charge in [0.1, 0.15) is 5.97 Å². The van der Waals surface area contributed by atoms with Crippen molar-refractivity contribution in [2.24, 2.45) is 0 Å². The van der Waals surface area contributed by atoms with Crippen LogP contribution in [0.25, 0.3) is 4.85 Å². The Morgan fingerprint density at radius 3 is 1.83 bits per heavy atom. The van der Waals surface area contributed by atoms with E-state index in [0.29, 0.717) is 0 Å². The van der Waals surface area contributed by atoms with Gasteiger partial charge in [0.25, 0.3) is 6.04 Å². The Balaban J connectivity index is -0.000000405. The van der Waals surface area contributed by atoms with Crippen LogP contribution in [0.2, 0.25) is 0 Å². The summed E-state index contributed by atoms with van der Waals surface area (Å²) < 4.78 is 0. The van der Waals surface area contributed by atoms with Crippen molar-refractivity contribution < 1.29 is 57.5 Å². The molecule has 1 unspecified atom stereocenters. The molecule has 0 aromatic rings. The molecule has 0 aliphatic carbocycles. The van der Waals surface area contributed by atoms with Crippen LogP contribution in [-0.2, 0) is 9.59 Å². The van der Waals surface area contributed by atoms with Crippen molar-refractivity contribution in [1.29, 1.82) is 0 Å². The van der Waals surface area contributed by atoms with E-state index in [1.165, 1.54) is 0 Å². The Hall–Kier alpha value is -0.375. The number of carboxylic acid groups (broad SMARTS) is 2. The maximum Gasteiger partial charge on any atom is 1.00 e. The second-order valence-electron chi connectivity index (χ2n) is 1.54. The van der Waals surface area contributed by atoms with Crippen molar-refractivity contribution in [3.63, 3.8) is 0 Å². The molecule has 0 saturated heterocycles. The maximum absolute atomic E-state index is 9.85. The molecule has 0 N–H and O–H groups in total. The summed E-state index contributed by atoms with van der Waals surface area (Å²) in [5, 5.41) is 19.6. The van der Waals surface area contributed by atoms with Gasteiger partial charge >= 0.3 is 37.7 Å². The number of nitrogens with zero attached hydrogens (tertiary/aromatic N) is 1. The molecule has 0 saturated carbocycles. The number of carbonyl (C=O) groups is 2. The summed E-state index contributed by atoms with van der Waals surface area (Å²) in [6, 6.07) is -1.62. The zero-order valence-corrected chi connectivity index (χ0v) is 6.86. The number of hydrogen-bond acceptors (Lipinski definition) is 4. The van der Waals surface area contributed by atoms with Gasteiger partial charge < -0.3 is 24.6 Å². The van der Waals surface area contributed by atoms with Crippen molar-refractivity contribution in [3.05, 3.63) is 11.4 Å². The van der Waals surface area contributed by atoms with E-state index in [9.17, 15) is 19.8 Å². The van der Waals surface area contributed by atoms with E-state index >= 15 is 0 Å². The molecule has 0 amide bonds. The fraction of sp³-hybridized carbons (Fsp3) is 0.400.